The lowest BCUT2D eigenvalue weighted by atomic mass is 10.0. The van der Waals surface area contributed by atoms with Gasteiger partial charge in [-0.3, -0.25) is 4.90 Å². The van der Waals surface area contributed by atoms with Crippen LogP contribution in [0.1, 0.15) is 47.6 Å². The topological polar surface area (TPSA) is 38.1 Å². The number of terminal acetylenes is 1. The van der Waals surface area contributed by atoms with Crippen LogP contribution < -0.4 is 0 Å². The summed E-state index contributed by atoms with van der Waals surface area (Å²) in [6, 6.07) is 4.24. The molecule has 5 heteroatoms. The average Bonchev–Trinajstić information content (AvgIpc) is 3.25. The predicted molar refractivity (Wildman–Crippen MR) is 87.5 cm³/mol. The van der Waals surface area contributed by atoms with E-state index in [-0.39, 0.29) is 11.9 Å². The van der Waals surface area contributed by atoms with Crippen molar-refractivity contribution in [3.05, 3.63) is 52.9 Å². The van der Waals surface area contributed by atoms with Crippen LogP contribution in [0.2, 0.25) is 0 Å². The summed E-state index contributed by atoms with van der Waals surface area (Å²) in [4.78, 5) is 18.4. The molecule has 0 radical (unpaired) electrons. The van der Waals surface area contributed by atoms with E-state index < -0.39 is 6.04 Å². The van der Waals surface area contributed by atoms with E-state index in [0.717, 1.165) is 42.8 Å². The predicted octanol–water partition coefficient (Wildman–Crippen LogP) is 2.79. The first kappa shape index (κ1) is 15.1. The Kier molecular flexibility index (Phi) is 3.70. The number of fused-ring (bicyclic) bond motifs is 2. The van der Waals surface area contributed by atoms with Gasteiger partial charge in [-0.25, -0.2) is 9.37 Å². The highest BCUT2D eigenvalue weighted by Crippen LogP contribution is 2.41. The number of aromatic nitrogens is 2. The average molecular weight is 323 g/mol. The second-order valence-electron chi connectivity index (χ2n) is 6.36. The summed E-state index contributed by atoms with van der Waals surface area (Å²) in [5, 5.41) is 0. The number of hydrogen-bond donors (Lipinski definition) is 0. The maximum Gasteiger partial charge on any atom is 0.141 e. The first-order valence-electron chi connectivity index (χ1n) is 8.20. The Balaban J connectivity index is 1.72. The van der Waals surface area contributed by atoms with Crippen molar-refractivity contribution in [1.29, 1.82) is 0 Å². The Labute approximate surface area is 140 Å². The Hall–Kier alpha value is -2.45. The second kappa shape index (κ2) is 5.88. The van der Waals surface area contributed by atoms with Crippen molar-refractivity contribution in [2.75, 3.05) is 0 Å². The standard InChI is InChI=1S/C19H18FN3O/c1-2-5-17(16-11-22-9-4-8-19(22)21-16)23-10-14-13(18(23)12-24)6-3-7-15(14)20/h1,3,6-7,11-12,17-18H,4-5,8-10H2. The number of aryl methyl sites for hydroxylation is 2. The number of hydrogen-bond acceptors (Lipinski definition) is 3. The third kappa shape index (κ3) is 2.26. The molecule has 122 valence electrons. The van der Waals surface area contributed by atoms with Crippen molar-refractivity contribution in [2.24, 2.45) is 0 Å². The number of aldehydes is 1. The van der Waals surface area contributed by atoms with Gasteiger partial charge in [-0.2, -0.15) is 0 Å². The molecule has 0 amide bonds. The summed E-state index contributed by atoms with van der Waals surface area (Å²) in [7, 11) is 0. The van der Waals surface area contributed by atoms with Crippen molar-refractivity contribution in [1.82, 2.24) is 14.5 Å². The third-order valence-corrected chi connectivity index (χ3v) is 5.03. The van der Waals surface area contributed by atoms with Crippen LogP contribution in [0.3, 0.4) is 0 Å². The zero-order valence-corrected chi connectivity index (χ0v) is 13.3. The molecule has 1 aromatic carbocycles. The maximum absolute atomic E-state index is 14.2. The molecule has 2 aliphatic rings. The maximum atomic E-state index is 14.2. The highest BCUT2D eigenvalue weighted by molar-refractivity contribution is 5.64. The van der Waals surface area contributed by atoms with E-state index in [9.17, 15) is 9.18 Å². The molecule has 4 nitrogen and oxygen atoms in total. The molecule has 2 atom stereocenters. The van der Waals surface area contributed by atoms with Gasteiger partial charge in [0.2, 0.25) is 0 Å². The van der Waals surface area contributed by atoms with Gasteiger partial charge in [0, 0.05) is 37.7 Å². The number of imidazole rings is 1. The van der Waals surface area contributed by atoms with E-state index in [1.165, 1.54) is 6.07 Å². The normalized spacial score (nSPS) is 20.4. The fourth-order valence-electron chi connectivity index (χ4n) is 3.88. The Morgan fingerprint density at radius 3 is 3.12 bits per heavy atom. The number of nitrogens with zero attached hydrogens (tertiary/aromatic N) is 3. The van der Waals surface area contributed by atoms with E-state index in [2.05, 4.69) is 10.5 Å². The molecule has 0 saturated heterocycles. The zero-order valence-electron chi connectivity index (χ0n) is 13.3. The molecule has 0 aliphatic carbocycles. The van der Waals surface area contributed by atoms with Crippen LogP contribution in [0.5, 0.6) is 0 Å². The van der Waals surface area contributed by atoms with Crippen LogP contribution in [0.4, 0.5) is 4.39 Å². The van der Waals surface area contributed by atoms with Gasteiger partial charge in [0.15, 0.2) is 0 Å². The minimum atomic E-state index is -0.481. The van der Waals surface area contributed by atoms with E-state index in [4.69, 9.17) is 11.4 Å². The van der Waals surface area contributed by atoms with Crippen molar-refractivity contribution in [3.63, 3.8) is 0 Å². The molecule has 2 aliphatic heterocycles. The van der Waals surface area contributed by atoms with Gasteiger partial charge in [-0.05, 0) is 18.1 Å². The monoisotopic (exact) mass is 323 g/mol. The van der Waals surface area contributed by atoms with E-state index in [1.54, 1.807) is 6.07 Å². The number of carbonyl (C=O) groups excluding carboxylic acids is 1. The largest absolute Gasteiger partial charge is 0.335 e. The van der Waals surface area contributed by atoms with Gasteiger partial charge in [0.1, 0.15) is 17.9 Å². The highest BCUT2D eigenvalue weighted by Gasteiger charge is 2.37. The van der Waals surface area contributed by atoms with Gasteiger partial charge in [0.05, 0.1) is 17.8 Å². The Bertz CT molecular complexity index is 814. The number of halogens is 1. The van der Waals surface area contributed by atoms with Gasteiger partial charge >= 0.3 is 0 Å². The van der Waals surface area contributed by atoms with Crippen molar-refractivity contribution in [2.45, 2.75) is 44.4 Å². The van der Waals surface area contributed by atoms with E-state index in [0.29, 0.717) is 18.5 Å². The lowest BCUT2D eigenvalue weighted by molar-refractivity contribution is -0.113. The Morgan fingerprint density at radius 2 is 2.38 bits per heavy atom. The fraction of sp³-hybridized carbons (Fsp3) is 0.368. The van der Waals surface area contributed by atoms with E-state index >= 15 is 0 Å². The molecule has 1 aromatic heterocycles. The first-order valence-corrected chi connectivity index (χ1v) is 8.20. The summed E-state index contributed by atoms with van der Waals surface area (Å²) in [5.74, 6) is 3.49. The minimum Gasteiger partial charge on any atom is -0.335 e. The molecular formula is C19H18FN3O. The van der Waals surface area contributed by atoms with Crippen LogP contribution in [-0.4, -0.2) is 20.7 Å². The molecular weight excluding hydrogens is 305 g/mol. The molecule has 0 fully saturated rings. The van der Waals surface area contributed by atoms with Crippen LogP contribution in [-0.2, 0) is 24.3 Å². The fourth-order valence-corrected chi connectivity index (χ4v) is 3.88. The molecule has 3 heterocycles. The number of rotatable bonds is 4. The van der Waals surface area contributed by atoms with Crippen LogP contribution in [0, 0.1) is 18.2 Å². The molecule has 24 heavy (non-hydrogen) atoms. The highest BCUT2D eigenvalue weighted by atomic mass is 19.1. The van der Waals surface area contributed by atoms with E-state index in [1.807, 2.05) is 17.2 Å². The molecule has 2 aromatic rings. The second-order valence-corrected chi connectivity index (χ2v) is 6.36. The first-order chi connectivity index (χ1) is 11.7. The van der Waals surface area contributed by atoms with Crippen LogP contribution in [0.25, 0.3) is 0 Å². The smallest absolute Gasteiger partial charge is 0.141 e. The zero-order chi connectivity index (χ0) is 16.7. The molecule has 0 N–H and O–H groups in total. The van der Waals surface area contributed by atoms with Gasteiger partial charge in [-0.15, -0.1) is 12.3 Å². The van der Waals surface area contributed by atoms with Crippen LogP contribution in [0.15, 0.2) is 24.4 Å². The van der Waals surface area contributed by atoms with Gasteiger partial charge < -0.3 is 9.36 Å². The minimum absolute atomic E-state index is 0.185. The summed E-state index contributed by atoms with van der Waals surface area (Å²) >= 11 is 0. The molecule has 2 unspecified atom stereocenters. The summed E-state index contributed by atoms with van der Waals surface area (Å²) < 4.78 is 16.3. The number of benzene rings is 1. The molecule has 0 spiro atoms. The van der Waals surface area contributed by atoms with Gasteiger partial charge in [-0.1, -0.05) is 12.1 Å². The molecule has 4 rings (SSSR count). The van der Waals surface area contributed by atoms with Crippen LogP contribution >= 0.6 is 0 Å². The SMILES string of the molecule is C#CCC(c1cn2c(n1)CCC2)N1Cc2c(F)cccc2C1C=O. The Morgan fingerprint density at radius 1 is 1.50 bits per heavy atom. The summed E-state index contributed by atoms with van der Waals surface area (Å²) in [6.45, 7) is 1.34. The molecule has 0 saturated carbocycles. The number of carbonyl (C=O) groups is 1. The lowest BCUT2D eigenvalue weighted by Gasteiger charge is -2.28. The summed E-state index contributed by atoms with van der Waals surface area (Å²) in [5.41, 5.74) is 2.20. The van der Waals surface area contributed by atoms with Crippen molar-refractivity contribution >= 4 is 6.29 Å². The van der Waals surface area contributed by atoms with Crippen molar-refractivity contribution < 1.29 is 9.18 Å². The summed E-state index contributed by atoms with van der Waals surface area (Å²) in [6.07, 6.45) is 11.0. The lowest BCUT2D eigenvalue weighted by Crippen LogP contribution is -2.28. The molecule has 0 bridgehead atoms. The quantitative estimate of drug-likeness (QED) is 0.641. The van der Waals surface area contributed by atoms with Gasteiger partial charge in [0.25, 0.3) is 0 Å². The van der Waals surface area contributed by atoms with Crippen molar-refractivity contribution in [3.8, 4) is 12.3 Å². The third-order valence-electron chi connectivity index (χ3n) is 5.03.